The normalized spacial score (nSPS) is 23.2. The van der Waals surface area contributed by atoms with Crippen LogP contribution >= 0.6 is 0 Å². The van der Waals surface area contributed by atoms with Gasteiger partial charge < -0.3 is 9.84 Å². The smallest absolute Gasteiger partial charge is 0.0765 e. The summed E-state index contributed by atoms with van der Waals surface area (Å²) in [6.45, 7) is 7.48. The van der Waals surface area contributed by atoms with Crippen LogP contribution in [0.5, 0.6) is 0 Å². The molecule has 102 valence electrons. The molecule has 1 aromatic rings. The Bertz CT molecular complexity index is 367. The van der Waals surface area contributed by atoms with Crippen LogP contribution in [-0.2, 0) is 11.3 Å². The zero-order chi connectivity index (χ0) is 13.0. The molecule has 2 atom stereocenters. The van der Waals surface area contributed by atoms with Gasteiger partial charge in [0, 0.05) is 25.3 Å². The Balaban J connectivity index is 1.97. The number of morpholine rings is 1. The second-order valence-corrected chi connectivity index (χ2v) is 4.93. The Morgan fingerprint density at radius 1 is 1.61 bits per heavy atom. The minimum Gasteiger partial charge on any atom is -0.395 e. The number of nitrogens with zero attached hydrogens (tertiary/aromatic N) is 3. The quantitative estimate of drug-likeness (QED) is 0.852. The molecule has 18 heavy (non-hydrogen) atoms. The van der Waals surface area contributed by atoms with E-state index in [0.717, 1.165) is 31.8 Å². The molecule has 5 nitrogen and oxygen atoms in total. The molecule has 0 aliphatic carbocycles. The third-order valence-corrected chi connectivity index (χ3v) is 3.63. The lowest BCUT2D eigenvalue weighted by Crippen LogP contribution is -2.46. The van der Waals surface area contributed by atoms with Crippen LogP contribution in [0.15, 0.2) is 12.3 Å². The standard InChI is InChI=1S/C13H23N3O2/c1-3-11(2)16-5-4-12(14-16)8-15-6-7-18-10-13(15)9-17/h4-5,11,13,17H,3,6-10H2,1-2H3. The van der Waals surface area contributed by atoms with Crippen molar-refractivity contribution in [3.8, 4) is 0 Å². The molecular formula is C13H23N3O2. The summed E-state index contributed by atoms with van der Waals surface area (Å²) in [6.07, 6.45) is 3.12. The van der Waals surface area contributed by atoms with Gasteiger partial charge >= 0.3 is 0 Å². The molecule has 2 rings (SSSR count). The minimum absolute atomic E-state index is 0.104. The Morgan fingerprint density at radius 3 is 3.17 bits per heavy atom. The van der Waals surface area contributed by atoms with Gasteiger partial charge in [-0.2, -0.15) is 5.10 Å². The van der Waals surface area contributed by atoms with E-state index in [-0.39, 0.29) is 12.6 Å². The number of ether oxygens (including phenoxy) is 1. The zero-order valence-corrected chi connectivity index (χ0v) is 11.2. The van der Waals surface area contributed by atoms with E-state index in [1.54, 1.807) is 0 Å². The van der Waals surface area contributed by atoms with Crippen LogP contribution in [0.1, 0.15) is 32.0 Å². The molecule has 2 heterocycles. The van der Waals surface area contributed by atoms with E-state index < -0.39 is 0 Å². The van der Waals surface area contributed by atoms with E-state index >= 15 is 0 Å². The van der Waals surface area contributed by atoms with Gasteiger partial charge in [-0.15, -0.1) is 0 Å². The summed E-state index contributed by atoms with van der Waals surface area (Å²) in [5, 5.41) is 13.9. The molecule has 0 bridgehead atoms. The maximum absolute atomic E-state index is 9.32. The lowest BCUT2D eigenvalue weighted by atomic mass is 10.2. The van der Waals surface area contributed by atoms with Crippen molar-refractivity contribution in [2.45, 2.75) is 38.9 Å². The molecule has 1 saturated heterocycles. The fourth-order valence-corrected chi connectivity index (χ4v) is 2.17. The van der Waals surface area contributed by atoms with E-state index in [1.807, 2.05) is 10.9 Å². The van der Waals surface area contributed by atoms with Gasteiger partial charge in [0.1, 0.15) is 0 Å². The fourth-order valence-electron chi connectivity index (χ4n) is 2.17. The van der Waals surface area contributed by atoms with Gasteiger partial charge in [-0.05, 0) is 19.4 Å². The number of aliphatic hydroxyl groups is 1. The van der Waals surface area contributed by atoms with Crippen molar-refractivity contribution in [2.24, 2.45) is 0 Å². The van der Waals surface area contributed by atoms with Crippen molar-refractivity contribution < 1.29 is 9.84 Å². The van der Waals surface area contributed by atoms with Gasteiger partial charge in [-0.1, -0.05) is 6.92 Å². The summed E-state index contributed by atoms with van der Waals surface area (Å²) < 4.78 is 7.39. The Labute approximate surface area is 108 Å². The van der Waals surface area contributed by atoms with Crippen LogP contribution in [0.25, 0.3) is 0 Å². The fraction of sp³-hybridized carbons (Fsp3) is 0.769. The highest BCUT2D eigenvalue weighted by molar-refractivity contribution is 5.00. The molecule has 1 aliphatic heterocycles. The van der Waals surface area contributed by atoms with E-state index in [1.165, 1.54) is 0 Å². The van der Waals surface area contributed by atoms with Crippen molar-refractivity contribution in [2.75, 3.05) is 26.4 Å². The van der Waals surface area contributed by atoms with Crippen molar-refractivity contribution >= 4 is 0 Å². The van der Waals surface area contributed by atoms with E-state index in [0.29, 0.717) is 12.6 Å². The van der Waals surface area contributed by atoms with Crippen molar-refractivity contribution in [3.05, 3.63) is 18.0 Å². The molecule has 0 radical (unpaired) electrons. The number of rotatable bonds is 5. The monoisotopic (exact) mass is 253 g/mol. The summed E-state index contributed by atoms with van der Waals surface area (Å²) in [5.74, 6) is 0. The zero-order valence-electron chi connectivity index (χ0n) is 11.2. The Kier molecular flexibility index (Phi) is 4.74. The first-order valence-electron chi connectivity index (χ1n) is 6.71. The van der Waals surface area contributed by atoms with Crippen molar-refractivity contribution in [1.82, 2.24) is 14.7 Å². The first kappa shape index (κ1) is 13.5. The lowest BCUT2D eigenvalue weighted by Gasteiger charge is -2.33. The van der Waals surface area contributed by atoms with Crippen LogP contribution < -0.4 is 0 Å². The first-order valence-corrected chi connectivity index (χ1v) is 6.71. The summed E-state index contributed by atoms with van der Waals surface area (Å²) in [4.78, 5) is 2.24. The first-order chi connectivity index (χ1) is 8.74. The van der Waals surface area contributed by atoms with Gasteiger partial charge in [-0.3, -0.25) is 9.58 Å². The van der Waals surface area contributed by atoms with Gasteiger partial charge in [0.05, 0.1) is 31.6 Å². The van der Waals surface area contributed by atoms with Crippen molar-refractivity contribution in [3.63, 3.8) is 0 Å². The van der Waals surface area contributed by atoms with Crippen molar-refractivity contribution in [1.29, 1.82) is 0 Å². The Hall–Kier alpha value is -0.910. The maximum Gasteiger partial charge on any atom is 0.0765 e. The largest absolute Gasteiger partial charge is 0.395 e. The maximum atomic E-state index is 9.32. The predicted octanol–water partition coefficient (Wildman–Crippen LogP) is 1.05. The molecule has 1 fully saturated rings. The molecule has 0 aromatic carbocycles. The van der Waals surface area contributed by atoms with Gasteiger partial charge in [0.25, 0.3) is 0 Å². The average molecular weight is 253 g/mol. The van der Waals surface area contributed by atoms with Gasteiger partial charge in [0.2, 0.25) is 0 Å². The summed E-state index contributed by atoms with van der Waals surface area (Å²) in [6, 6.07) is 2.61. The lowest BCUT2D eigenvalue weighted by molar-refractivity contribution is -0.0318. The molecule has 0 spiro atoms. The minimum atomic E-state index is 0.104. The number of hydrogen-bond acceptors (Lipinski definition) is 4. The highest BCUT2D eigenvalue weighted by atomic mass is 16.5. The second kappa shape index (κ2) is 6.31. The predicted molar refractivity (Wildman–Crippen MR) is 69.3 cm³/mol. The molecular weight excluding hydrogens is 230 g/mol. The molecule has 0 saturated carbocycles. The van der Waals surface area contributed by atoms with Gasteiger partial charge in [0.15, 0.2) is 0 Å². The molecule has 0 amide bonds. The second-order valence-electron chi connectivity index (χ2n) is 4.93. The van der Waals surface area contributed by atoms with Crippen LogP contribution in [-0.4, -0.2) is 52.2 Å². The third kappa shape index (κ3) is 3.10. The number of aliphatic hydroxyl groups excluding tert-OH is 1. The Morgan fingerprint density at radius 2 is 2.44 bits per heavy atom. The highest BCUT2D eigenvalue weighted by Gasteiger charge is 2.22. The molecule has 2 unspecified atom stereocenters. The van der Waals surface area contributed by atoms with Crippen LogP contribution in [0, 0.1) is 0 Å². The van der Waals surface area contributed by atoms with Crippen LogP contribution in [0.3, 0.4) is 0 Å². The topological polar surface area (TPSA) is 50.5 Å². The van der Waals surface area contributed by atoms with Crippen LogP contribution in [0.4, 0.5) is 0 Å². The number of aromatic nitrogens is 2. The van der Waals surface area contributed by atoms with E-state index in [2.05, 4.69) is 29.9 Å². The van der Waals surface area contributed by atoms with Gasteiger partial charge in [-0.25, -0.2) is 0 Å². The molecule has 1 aliphatic rings. The molecule has 1 N–H and O–H groups in total. The molecule has 1 aromatic heterocycles. The van der Waals surface area contributed by atoms with E-state index in [4.69, 9.17) is 4.74 Å². The van der Waals surface area contributed by atoms with E-state index in [9.17, 15) is 5.11 Å². The average Bonchev–Trinajstić information content (AvgIpc) is 2.87. The summed E-state index contributed by atoms with van der Waals surface area (Å²) >= 11 is 0. The van der Waals surface area contributed by atoms with Crippen LogP contribution in [0.2, 0.25) is 0 Å². The number of hydrogen-bond donors (Lipinski definition) is 1. The summed E-state index contributed by atoms with van der Waals surface area (Å²) in [5.41, 5.74) is 1.07. The highest BCUT2D eigenvalue weighted by Crippen LogP contribution is 2.13. The SMILES string of the molecule is CCC(C)n1ccc(CN2CCOCC2CO)n1. The summed E-state index contributed by atoms with van der Waals surface area (Å²) in [7, 11) is 0. The third-order valence-electron chi connectivity index (χ3n) is 3.63. The molecule has 5 heteroatoms.